The van der Waals surface area contributed by atoms with Crippen LogP contribution in [0.4, 0.5) is 4.79 Å². The van der Waals surface area contributed by atoms with E-state index in [1.54, 1.807) is 10.9 Å². The molecule has 0 saturated carbocycles. The average molecular weight is 312 g/mol. The Kier molecular flexibility index (Phi) is 4.48. The van der Waals surface area contributed by atoms with Crippen LogP contribution in [0.5, 0.6) is 0 Å². The van der Waals surface area contributed by atoms with Crippen molar-refractivity contribution in [2.24, 2.45) is 0 Å². The van der Waals surface area contributed by atoms with Crippen LogP contribution in [0.2, 0.25) is 0 Å². The number of nitrogens with one attached hydrogen (secondary N) is 1. The Morgan fingerprint density at radius 1 is 1.26 bits per heavy atom. The molecule has 1 aliphatic heterocycles. The van der Waals surface area contributed by atoms with Crippen LogP contribution < -0.4 is 5.32 Å². The number of benzene rings is 1. The molecule has 2 heterocycles. The molecule has 0 bridgehead atoms. The van der Waals surface area contributed by atoms with Gasteiger partial charge < -0.3 is 10.2 Å². The highest BCUT2D eigenvalue weighted by molar-refractivity contribution is 5.78. The molecular weight excluding hydrogens is 288 g/mol. The molecule has 1 aromatic heterocycles. The fourth-order valence-corrected chi connectivity index (χ4v) is 3.01. The molecule has 0 unspecified atom stereocenters. The average Bonchev–Trinajstić information content (AvgIpc) is 3.07. The molecule has 5 heteroatoms. The van der Waals surface area contributed by atoms with E-state index >= 15 is 0 Å². The molecule has 122 valence electrons. The number of rotatable bonds is 2. The number of hydrogen-bond acceptors (Lipinski definition) is 3. The summed E-state index contributed by atoms with van der Waals surface area (Å²) in [7, 11) is 1.88. The molecule has 1 aromatic carbocycles. The summed E-state index contributed by atoms with van der Waals surface area (Å²) in [4.78, 5) is 18.9. The van der Waals surface area contributed by atoms with Crippen molar-refractivity contribution >= 4 is 6.03 Å². The molecule has 0 spiro atoms. The minimum absolute atomic E-state index is 0.0144. The Hall–Kier alpha value is -2.14. The summed E-state index contributed by atoms with van der Waals surface area (Å²) in [5.41, 5.74) is 4.37. The zero-order valence-electron chi connectivity index (χ0n) is 14.0. The maximum Gasteiger partial charge on any atom is 0.329 e. The third kappa shape index (κ3) is 3.29. The van der Waals surface area contributed by atoms with Crippen molar-refractivity contribution in [3.63, 3.8) is 0 Å². The van der Waals surface area contributed by atoms with Crippen LogP contribution in [0.15, 0.2) is 30.7 Å². The van der Waals surface area contributed by atoms with Crippen LogP contribution >= 0.6 is 0 Å². The predicted octanol–water partition coefficient (Wildman–Crippen LogP) is 2.82. The van der Waals surface area contributed by atoms with Crippen molar-refractivity contribution in [2.45, 2.75) is 32.7 Å². The standard InChI is InChI=1S/C18H24N4O/c1-13-4-5-15(10-14(13)2)17-11-22(12-20-17)18(23)21(3)16-6-8-19-9-7-16/h4-5,10-12,16,19H,6-9H2,1-3H3. The first-order valence-electron chi connectivity index (χ1n) is 8.16. The molecule has 3 rings (SSSR count). The van der Waals surface area contributed by atoms with Crippen molar-refractivity contribution in [3.8, 4) is 11.3 Å². The predicted molar refractivity (Wildman–Crippen MR) is 91.6 cm³/mol. The van der Waals surface area contributed by atoms with Gasteiger partial charge in [0.2, 0.25) is 0 Å². The van der Waals surface area contributed by atoms with Crippen LogP contribution in [0.25, 0.3) is 11.3 Å². The molecule has 0 radical (unpaired) electrons. The van der Waals surface area contributed by atoms with E-state index in [9.17, 15) is 4.79 Å². The highest BCUT2D eigenvalue weighted by atomic mass is 16.2. The number of amides is 1. The summed E-state index contributed by atoms with van der Waals surface area (Å²) < 4.78 is 1.59. The summed E-state index contributed by atoms with van der Waals surface area (Å²) in [5.74, 6) is 0. The zero-order valence-corrected chi connectivity index (χ0v) is 14.0. The largest absolute Gasteiger partial charge is 0.329 e. The van der Waals surface area contributed by atoms with Gasteiger partial charge in [-0.1, -0.05) is 12.1 Å². The monoisotopic (exact) mass is 312 g/mol. The van der Waals surface area contributed by atoms with Crippen LogP contribution in [0.1, 0.15) is 24.0 Å². The normalized spacial score (nSPS) is 15.6. The molecule has 1 aliphatic rings. The molecule has 1 N–H and O–H groups in total. The van der Waals surface area contributed by atoms with Gasteiger partial charge in [-0.3, -0.25) is 4.57 Å². The first kappa shape index (κ1) is 15.7. The first-order valence-corrected chi connectivity index (χ1v) is 8.16. The van der Waals surface area contributed by atoms with Crippen molar-refractivity contribution in [3.05, 3.63) is 41.9 Å². The van der Waals surface area contributed by atoms with Gasteiger partial charge in [0, 0.05) is 24.8 Å². The van der Waals surface area contributed by atoms with Gasteiger partial charge in [0.1, 0.15) is 6.33 Å². The minimum atomic E-state index is -0.0144. The molecule has 23 heavy (non-hydrogen) atoms. The number of piperidine rings is 1. The number of nitrogens with zero attached hydrogens (tertiary/aromatic N) is 3. The number of imidazole rings is 1. The van der Waals surface area contributed by atoms with E-state index in [1.807, 2.05) is 18.1 Å². The van der Waals surface area contributed by atoms with Crippen LogP contribution in [0.3, 0.4) is 0 Å². The van der Waals surface area contributed by atoms with Gasteiger partial charge in [-0.05, 0) is 57.0 Å². The Morgan fingerprint density at radius 3 is 2.70 bits per heavy atom. The molecule has 1 fully saturated rings. The van der Waals surface area contributed by atoms with Gasteiger partial charge in [-0.25, -0.2) is 9.78 Å². The maximum absolute atomic E-state index is 12.6. The van der Waals surface area contributed by atoms with Crippen LogP contribution in [-0.4, -0.2) is 46.7 Å². The van der Waals surface area contributed by atoms with E-state index in [0.717, 1.165) is 37.2 Å². The summed E-state index contributed by atoms with van der Waals surface area (Å²) in [6, 6.07) is 6.54. The third-order valence-electron chi connectivity index (χ3n) is 4.76. The van der Waals surface area contributed by atoms with Crippen molar-refractivity contribution < 1.29 is 4.79 Å². The smallest absolute Gasteiger partial charge is 0.324 e. The van der Waals surface area contributed by atoms with Crippen molar-refractivity contribution in [2.75, 3.05) is 20.1 Å². The second kappa shape index (κ2) is 6.54. The topological polar surface area (TPSA) is 50.2 Å². The quantitative estimate of drug-likeness (QED) is 0.927. The molecule has 5 nitrogen and oxygen atoms in total. The lowest BCUT2D eigenvalue weighted by Gasteiger charge is -2.31. The summed E-state index contributed by atoms with van der Waals surface area (Å²) in [6.07, 6.45) is 5.44. The van der Waals surface area contributed by atoms with Crippen LogP contribution in [0, 0.1) is 13.8 Å². The lowest BCUT2D eigenvalue weighted by atomic mass is 10.0. The van der Waals surface area contributed by atoms with Gasteiger partial charge in [-0.15, -0.1) is 0 Å². The van der Waals surface area contributed by atoms with E-state index in [0.29, 0.717) is 6.04 Å². The third-order valence-corrected chi connectivity index (χ3v) is 4.76. The highest BCUT2D eigenvalue weighted by Crippen LogP contribution is 2.21. The first-order chi connectivity index (χ1) is 11.1. The maximum atomic E-state index is 12.6. The van der Waals surface area contributed by atoms with Crippen molar-refractivity contribution in [1.82, 2.24) is 19.8 Å². The molecule has 1 saturated heterocycles. The number of carbonyl (C=O) groups excluding carboxylic acids is 1. The van der Waals surface area contributed by atoms with E-state index in [-0.39, 0.29) is 6.03 Å². The lowest BCUT2D eigenvalue weighted by Crippen LogP contribution is -2.45. The van der Waals surface area contributed by atoms with Gasteiger partial charge in [0.15, 0.2) is 0 Å². The Morgan fingerprint density at radius 2 is 2.00 bits per heavy atom. The number of aryl methyl sites for hydroxylation is 2. The fraction of sp³-hybridized carbons (Fsp3) is 0.444. The van der Waals surface area contributed by atoms with E-state index in [2.05, 4.69) is 42.3 Å². The molecule has 0 aliphatic carbocycles. The van der Waals surface area contributed by atoms with Crippen molar-refractivity contribution in [1.29, 1.82) is 0 Å². The second-order valence-corrected chi connectivity index (χ2v) is 6.34. The van der Waals surface area contributed by atoms with E-state index in [4.69, 9.17) is 0 Å². The summed E-state index contributed by atoms with van der Waals surface area (Å²) >= 11 is 0. The molecular formula is C18H24N4O. The van der Waals surface area contributed by atoms with Crippen LogP contribution in [-0.2, 0) is 0 Å². The van der Waals surface area contributed by atoms with Gasteiger partial charge in [-0.2, -0.15) is 0 Å². The molecule has 1 amide bonds. The summed E-state index contributed by atoms with van der Waals surface area (Å²) in [6.45, 7) is 6.13. The second-order valence-electron chi connectivity index (χ2n) is 6.34. The lowest BCUT2D eigenvalue weighted by molar-refractivity contribution is 0.178. The highest BCUT2D eigenvalue weighted by Gasteiger charge is 2.23. The number of aromatic nitrogens is 2. The number of carbonyl (C=O) groups is 1. The van der Waals surface area contributed by atoms with Gasteiger partial charge >= 0.3 is 6.03 Å². The Labute approximate surface area is 137 Å². The van der Waals surface area contributed by atoms with Gasteiger partial charge in [0.05, 0.1) is 5.69 Å². The van der Waals surface area contributed by atoms with E-state index in [1.165, 1.54) is 11.1 Å². The van der Waals surface area contributed by atoms with Gasteiger partial charge in [0.25, 0.3) is 0 Å². The Bertz CT molecular complexity index is 701. The fourth-order valence-electron chi connectivity index (χ4n) is 3.01. The molecule has 0 atom stereocenters. The zero-order chi connectivity index (χ0) is 16.4. The SMILES string of the molecule is Cc1ccc(-c2cn(C(=O)N(C)C3CCNCC3)cn2)cc1C. The Balaban J connectivity index is 1.77. The minimum Gasteiger partial charge on any atom is -0.324 e. The molecule has 2 aromatic rings. The number of hydrogen-bond donors (Lipinski definition) is 1. The summed E-state index contributed by atoms with van der Waals surface area (Å²) in [5, 5.41) is 3.33. The van der Waals surface area contributed by atoms with E-state index < -0.39 is 0 Å².